The van der Waals surface area contributed by atoms with Crippen molar-refractivity contribution in [3.8, 4) is 0 Å². The van der Waals surface area contributed by atoms with Crippen LogP contribution in [0.4, 0.5) is 5.69 Å². The van der Waals surface area contributed by atoms with E-state index in [0.717, 1.165) is 63.4 Å². The Kier molecular flexibility index (Phi) is 5.69. The van der Waals surface area contributed by atoms with Gasteiger partial charge in [-0.15, -0.1) is 0 Å². The SMILES string of the molecule is Cc1cccc(N2CC(C(=O)N3CCN(CC4CCCO4)CC3)CC2=O)c1C. The maximum absolute atomic E-state index is 13.0. The van der Waals surface area contributed by atoms with Gasteiger partial charge in [0.05, 0.1) is 12.0 Å². The van der Waals surface area contributed by atoms with Gasteiger partial charge in [-0.2, -0.15) is 0 Å². The summed E-state index contributed by atoms with van der Waals surface area (Å²) in [5, 5.41) is 0. The van der Waals surface area contributed by atoms with Crippen molar-refractivity contribution in [3.63, 3.8) is 0 Å². The van der Waals surface area contributed by atoms with Crippen molar-refractivity contribution in [3.05, 3.63) is 29.3 Å². The summed E-state index contributed by atoms with van der Waals surface area (Å²) >= 11 is 0. The van der Waals surface area contributed by atoms with Gasteiger partial charge in [-0.1, -0.05) is 12.1 Å². The van der Waals surface area contributed by atoms with Crippen LogP contribution >= 0.6 is 0 Å². The molecule has 0 aromatic heterocycles. The van der Waals surface area contributed by atoms with Gasteiger partial charge in [-0.05, 0) is 43.9 Å². The van der Waals surface area contributed by atoms with Crippen LogP contribution in [0.1, 0.15) is 30.4 Å². The lowest BCUT2D eigenvalue weighted by molar-refractivity contribution is -0.137. The molecule has 2 amide bonds. The quantitative estimate of drug-likeness (QED) is 0.795. The monoisotopic (exact) mass is 385 g/mol. The van der Waals surface area contributed by atoms with E-state index in [4.69, 9.17) is 4.74 Å². The summed E-state index contributed by atoms with van der Waals surface area (Å²) in [5.41, 5.74) is 3.23. The summed E-state index contributed by atoms with van der Waals surface area (Å²) in [7, 11) is 0. The molecule has 6 nitrogen and oxygen atoms in total. The summed E-state index contributed by atoms with van der Waals surface area (Å²) in [6.45, 7) is 9.75. The molecule has 0 N–H and O–H groups in total. The van der Waals surface area contributed by atoms with E-state index in [1.165, 1.54) is 5.56 Å². The maximum Gasteiger partial charge on any atom is 0.228 e. The summed E-state index contributed by atoms with van der Waals surface area (Å²) in [5.74, 6) is -0.0286. The van der Waals surface area contributed by atoms with Gasteiger partial charge in [0.25, 0.3) is 0 Å². The lowest BCUT2D eigenvalue weighted by atomic mass is 10.1. The molecule has 3 aliphatic rings. The largest absolute Gasteiger partial charge is 0.377 e. The Balaban J connectivity index is 1.33. The Hall–Kier alpha value is -1.92. The Bertz CT molecular complexity index is 737. The molecule has 3 saturated heterocycles. The van der Waals surface area contributed by atoms with E-state index in [-0.39, 0.29) is 17.7 Å². The zero-order valence-corrected chi connectivity index (χ0v) is 17.0. The molecular weight excluding hydrogens is 354 g/mol. The number of anilines is 1. The minimum atomic E-state index is -0.225. The van der Waals surface area contributed by atoms with Crippen LogP contribution in [0.2, 0.25) is 0 Å². The predicted molar refractivity (Wildman–Crippen MR) is 108 cm³/mol. The van der Waals surface area contributed by atoms with E-state index < -0.39 is 0 Å². The Labute approximate surface area is 167 Å². The van der Waals surface area contributed by atoms with E-state index in [1.807, 2.05) is 24.0 Å². The van der Waals surface area contributed by atoms with E-state index in [2.05, 4.69) is 17.9 Å². The lowest BCUT2D eigenvalue weighted by Gasteiger charge is -2.36. The fraction of sp³-hybridized carbons (Fsp3) is 0.636. The molecule has 3 aliphatic heterocycles. The molecule has 1 aromatic carbocycles. The molecular formula is C22H31N3O3. The highest BCUT2D eigenvalue weighted by Gasteiger charge is 2.38. The second-order valence-electron chi connectivity index (χ2n) is 8.39. The van der Waals surface area contributed by atoms with E-state index in [9.17, 15) is 9.59 Å². The highest BCUT2D eigenvalue weighted by Crippen LogP contribution is 2.30. The van der Waals surface area contributed by atoms with Crippen molar-refractivity contribution in [2.45, 2.75) is 39.2 Å². The molecule has 0 spiro atoms. The maximum atomic E-state index is 13.0. The van der Waals surface area contributed by atoms with Crippen molar-refractivity contribution >= 4 is 17.5 Å². The highest BCUT2D eigenvalue weighted by molar-refractivity contribution is 6.00. The van der Waals surface area contributed by atoms with Crippen LogP contribution in [0.3, 0.4) is 0 Å². The molecule has 0 bridgehead atoms. The lowest BCUT2D eigenvalue weighted by Crippen LogP contribution is -2.52. The molecule has 1 aromatic rings. The number of amides is 2. The van der Waals surface area contributed by atoms with Crippen LogP contribution in [0.25, 0.3) is 0 Å². The first-order chi connectivity index (χ1) is 13.5. The molecule has 3 heterocycles. The standard InChI is InChI=1S/C22H31N3O3/c1-16-5-3-7-20(17(16)2)25-14-18(13-21(25)26)22(27)24-10-8-23(9-11-24)15-19-6-4-12-28-19/h3,5,7,18-19H,4,6,8-15H2,1-2H3. The molecule has 6 heteroatoms. The highest BCUT2D eigenvalue weighted by atomic mass is 16.5. The third-order valence-electron chi connectivity index (χ3n) is 6.51. The van der Waals surface area contributed by atoms with Crippen molar-refractivity contribution in [2.24, 2.45) is 5.92 Å². The second-order valence-corrected chi connectivity index (χ2v) is 8.39. The van der Waals surface area contributed by atoms with Crippen molar-refractivity contribution < 1.29 is 14.3 Å². The first-order valence-electron chi connectivity index (χ1n) is 10.5. The topological polar surface area (TPSA) is 53.1 Å². The van der Waals surface area contributed by atoms with Crippen LogP contribution in [0.15, 0.2) is 18.2 Å². The first-order valence-corrected chi connectivity index (χ1v) is 10.5. The van der Waals surface area contributed by atoms with Crippen LogP contribution < -0.4 is 4.90 Å². The molecule has 28 heavy (non-hydrogen) atoms. The van der Waals surface area contributed by atoms with Gasteiger partial charge >= 0.3 is 0 Å². The minimum Gasteiger partial charge on any atom is -0.377 e. The number of carbonyl (C=O) groups is 2. The van der Waals surface area contributed by atoms with E-state index >= 15 is 0 Å². The number of benzene rings is 1. The Morgan fingerprint density at radius 1 is 1.18 bits per heavy atom. The molecule has 0 saturated carbocycles. The second kappa shape index (κ2) is 8.21. The van der Waals surface area contributed by atoms with Gasteiger partial charge in [-0.3, -0.25) is 14.5 Å². The number of rotatable bonds is 4. The first kappa shape index (κ1) is 19.4. The number of carbonyl (C=O) groups excluding carboxylic acids is 2. The molecule has 2 unspecified atom stereocenters. The average molecular weight is 386 g/mol. The number of nitrogens with zero attached hydrogens (tertiary/aromatic N) is 3. The van der Waals surface area contributed by atoms with E-state index in [0.29, 0.717) is 19.1 Å². The van der Waals surface area contributed by atoms with Crippen LogP contribution in [0.5, 0.6) is 0 Å². The summed E-state index contributed by atoms with van der Waals surface area (Å²) in [6.07, 6.45) is 3.00. The Morgan fingerprint density at radius 2 is 1.96 bits per heavy atom. The predicted octanol–water partition coefficient (Wildman–Crippen LogP) is 1.98. The summed E-state index contributed by atoms with van der Waals surface area (Å²) in [6, 6.07) is 6.02. The third-order valence-corrected chi connectivity index (χ3v) is 6.51. The fourth-order valence-electron chi connectivity index (χ4n) is 4.62. The van der Waals surface area contributed by atoms with Gasteiger partial charge in [0.2, 0.25) is 11.8 Å². The molecule has 0 radical (unpaired) electrons. The minimum absolute atomic E-state index is 0.0593. The van der Waals surface area contributed by atoms with Crippen LogP contribution in [-0.4, -0.2) is 73.6 Å². The molecule has 0 aliphatic carbocycles. The van der Waals surface area contributed by atoms with E-state index in [1.54, 1.807) is 4.90 Å². The summed E-state index contributed by atoms with van der Waals surface area (Å²) in [4.78, 5) is 31.8. The van der Waals surface area contributed by atoms with Gasteiger partial charge in [0, 0.05) is 58.0 Å². The molecule has 152 valence electrons. The fourth-order valence-corrected chi connectivity index (χ4v) is 4.62. The molecule has 3 fully saturated rings. The number of hydrogen-bond donors (Lipinski definition) is 0. The zero-order valence-electron chi connectivity index (χ0n) is 17.0. The third kappa shape index (κ3) is 3.94. The number of hydrogen-bond acceptors (Lipinski definition) is 4. The van der Waals surface area contributed by atoms with Gasteiger partial charge in [0.15, 0.2) is 0 Å². The van der Waals surface area contributed by atoms with Crippen molar-refractivity contribution in [1.29, 1.82) is 0 Å². The number of aryl methyl sites for hydroxylation is 1. The molecule has 4 rings (SSSR count). The average Bonchev–Trinajstić information content (AvgIpc) is 3.34. The summed E-state index contributed by atoms with van der Waals surface area (Å²) < 4.78 is 5.73. The van der Waals surface area contributed by atoms with Gasteiger partial charge < -0.3 is 14.5 Å². The van der Waals surface area contributed by atoms with Crippen LogP contribution in [0, 0.1) is 19.8 Å². The van der Waals surface area contributed by atoms with Gasteiger partial charge in [-0.25, -0.2) is 0 Å². The molecule has 2 atom stereocenters. The van der Waals surface area contributed by atoms with Crippen LogP contribution in [-0.2, 0) is 14.3 Å². The normalized spacial score (nSPS) is 26.3. The smallest absolute Gasteiger partial charge is 0.228 e. The van der Waals surface area contributed by atoms with Crippen molar-refractivity contribution in [2.75, 3.05) is 50.8 Å². The Morgan fingerprint density at radius 3 is 2.68 bits per heavy atom. The number of ether oxygens (including phenoxy) is 1. The van der Waals surface area contributed by atoms with Crippen molar-refractivity contribution in [1.82, 2.24) is 9.80 Å². The number of piperazine rings is 1. The van der Waals surface area contributed by atoms with Gasteiger partial charge in [0.1, 0.15) is 0 Å². The zero-order chi connectivity index (χ0) is 19.7.